The molecule has 23 heavy (non-hydrogen) atoms. The highest BCUT2D eigenvalue weighted by atomic mass is 16.5. The van der Waals surface area contributed by atoms with Gasteiger partial charge in [0, 0.05) is 12.0 Å². The van der Waals surface area contributed by atoms with Gasteiger partial charge in [-0.05, 0) is 25.7 Å². The summed E-state index contributed by atoms with van der Waals surface area (Å²) in [6.07, 6.45) is 1.64. The lowest BCUT2D eigenvalue weighted by atomic mass is 9.94. The molecule has 1 heterocycles. The molecule has 1 aromatic rings. The SMILES string of the molecule is CCOC(=O)c1nn(CC(=O)OCC(C)C)c2c1CCCC2=O. The van der Waals surface area contributed by atoms with Crippen molar-refractivity contribution in [3.63, 3.8) is 0 Å². The van der Waals surface area contributed by atoms with Gasteiger partial charge in [-0.15, -0.1) is 0 Å². The van der Waals surface area contributed by atoms with E-state index in [0.717, 1.165) is 0 Å². The van der Waals surface area contributed by atoms with Crippen LogP contribution in [0.4, 0.5) is 0 Å². The first-order chi connectivity index (χ1) is 10.9. The molecular formula is C16H22N2O5. The van der Waals surface area contributed by atoms with Crippen molar-refractivity contribution >= 4 is 17.7 Å². The molecule has 0 atom stereocenters. The number of hydrogen-bond acceptors (Lipinski definition) is 6. The quantitative estimate of drug-likeness (QED) is 0.742. The average molecular weight is 322 g/mol. The van der Waals surface area contributed by atoms with Crippen LogP contribution in [0.3, 0.4) is 0 Å². The van der Waals surface area contributed by atoms with Crippen molar-refractivity contribution in [1.29, 1.82) is 0 Å². The van der Waals surface area contributed by atoms with Crippen LogP contribution in [0.2, 0.25) is 0 Å². The fourth-order valence-electron chi connectivity index (χ4n) is 2.50. The highest BCUT2D eigenvalue weighted by Gasteiger charge is 2.31. The number of rotatable bonds is 6. The second-order valence-electron chi connectivity index (χ2n) is 5.91. The Balaban J connectivity index is 2.27. The van der Waals surface area contributed by atoms with Gasteiger partial charge in [0.25, 0.3) is 0 Å². The average Bonchev–Trinajstić information content (AvgIpc) is 2.85. The minimum absolute atomic E-state index is 0.106. The van der Waals surface area contributed by atoms with Crippen LogP contribution >= 0.6 is 0 Å². The summed E-state index contributed by atoms with van der Waals surface area (Å²) in [4.78, 5) is 36.1. The Morgan fingerprint density at radius 1 is 1.26 bits per heavy atom. The van der Waals surface area contributed by atoms with E-state index in [4.69, 9.17) is 9.47 Å². The maximum Gasteiger partial charge on any atom is 0.359 e. The van der Waals surface area contributed by atoms with Gasteiger partial charge in [0.15, 0.2) is 11.5 Å². The zero-order valence-corrected chi connectivity index (χ0v) is 13.8. The Labute approximate surface area is 134 Å². The number of Topliss-reactive ketones (excluding diaryl/α,β-unsaturated/α-hetero) is 1. The van der Waals surface area contributed by atoms with Gasteiger partial charge in [0.1, 0.15) is 12.2 Å². The normalized spacial score (nSPS) is 13.8. The summed E-state index contributed by atoms with van der Waals surface area (Å²) in [5, 5.41) is 4.15. The van der Waals surface area contributed by atoms with Crippen molar-refractivity contribution in [1.82, 2.24) is 9.78 Å². The Morgan fingerprint density at radius 2 is 2.00 bits per heavy atom. The molecular weight excluding hydrogens is 300 g/mol. The van der Waals surface area contributed by atoms with Gasteiger partial charge in [0.2, 0.25) is 0 Å². The number of hydrogen-bond donors (Lipinski definition) is 0. The van der Waals surface area contributed by atoms with Crippen LogP contribution in [-0.2, 0) is 27.2 Å². The standard InChI is InChI=1S/C16H22N2O5/c1-4-22-16(21)14-11-6-5-7-12(19)15(11)18(17-14)8-13(20)23-9-10(2)3/h10H,4-9H2,1-3H3. The Hall–Kier alpha value is -2.18. The van der Waals surface area contributed by atoms with Gasteiger partial charge >= 0.3 is 11.9 Å². The number of ether oxygens (including phenoxy) is 2. The van der Waals surface area contributed by atoms with Crippen LogP contribution < -0.4 is 0 Å². The number of aromatic nitrogens is 2. The lowest BCUT2D eigenvalue weighted by molar-refractivity contribution is -0.145. The van der Waals surface area contributed by atoms with Crippen molar-refractivity contribution in [2.24, 2.45) is 5.92 Å². The number of esters is 2. The molecule has 0 saturated carbocycles. The molecule has 1 aliphatic rings. The number of fused-ring (bicyclic) bond motifs is 1. The molecule has 0 bridgehead atoms. The third-order valence-corrected chi connectivity index (χ3v) is 3.47. The Kier molecular flexibility index (Phi) is 5.52. The summed E-state index contributed by atoms with van der Waals surface area (Å²) in [5.41, 5.74) is 1.05. The van der Waals surface area contributed by atoms with Crippen molar-refractivity contribution in [2.45, 2.75) is 46.6 Å². The molecule has 7 heteroatoms. The minimum Gasteiger partial charge on any atom is -0.464 e. The molecule has 0 N–H and O–H groups in total. The van der Waals surface area contributed by atoms with Gasteiger partial charge in [-0.2, -0.15) is 5.10 Å². The summed E-state index contributed by atoms with van der Waals surface area (Å²) >= 11 is 0. The third kappa shape index (κ3) is 3.97. The predicted molar refractivity (Wildman–Crippen MR) is 81.2 cm³/mol. The monoisotopic (exact) mass is 322 g/mol. The first-order valence-electron chi connectivity index (χ1n) is 7.89. The summed E-state index contributed by atoms with van der Waals surface area (Å²) in [7, 11) is 0. The van der Waals surface area contributed by atoms with E-state index in [-0.39, 0.29) is 30.5 Å². The summed E-state index contributed by atoms with van der Waals surface area (Å²) in [5.74, 6) is -0.918. The van der Waals surface area contributed by atoms with Crippen LogP contribution in [0.5, 0.6) is 0 Å². The first-order valence-corrected chi connectivity index (χ1v) is 7.89. The van der Waals surface area contributed by atoms with E-state index in [1.54, 1.807) is 6.92 Å². The largest absolute Gasteiger partial charge is 0.464 e. The van der Waals surface area contributed by atoms with Crippen LogP contribution in [0.1, 0.15) is 60.2 Å². The molecule has 1 aliphatic carbocycles. The first kappa shape index (κ1) is 17.2. The number of nitrogens with zero attached hydrogens (tertiary/aromatic N) is 2. The van der Waals surface area contributed by atoms with E-state index < -0.39 is 11.9 Å². The Morgan fingerprint density at radius 3 is 2.65 bits per heavy atom. The molecule has 0 unspecified atom stereocenters. The lowest BCUT2D eigenvalue weighted by Crippen LogP contribution is -2.22. The highest BCUT2D eigenvalue weighted by molar-refractivity contribution is 6.01. The van der Waals surface area contributed by atoms with Crippen LogP contribution in [-0.4, -0.2) is 40.7 Å². The molecule has 0 amide bonds. The summed E-state index contributed by atoms with van der Waals surface area (Å²) < 4.78 is 11.4. The van der Waals surface area contributed by atoms with E-state index in [9.17, 15) is 14.4 Å². The predicted octanol–water partition coefficient (Wildman–Crippen LogP) is 1.78. The molecule has 2 rings (SSSR count). The second-order valence-corrected chi connectivity index (χ2v) is 5.91. The molecule has 0 radical (unpaired) electrons. The van der Waals surface area contributed by atoms with Crippen molar-refractivity contribution in [2.75, 3.05) is 13.2 Å². The molecule has 0 saturated heterocycles. The van der Waals surface area contributed by atoms with Gasteiger partial charge in [0.05, 0.1) is 13.2 Å². The van der Waals surface area contributed by atoms with Crippen LogP contribution in [0, 0.1) is 5.92 Å². The van der Waals surface area contributed by atoms with E-state index in [2.05, 4.69) is 5.10 Å². The Bertz CT molecular complexity index is 618. The molecule has 0 aromatic carbocycles. The molecule has 126 valence electrons. The van der Waals surface area contributed by atoms with E-state index in [0.29, 0.717) is 37.1 Å². The van der Waals surface area contributed by atoms with Gasteiger partial charge in [-0.25, -0.2) is 9.48 Å². The van der Waals surface area contributed by atoms with Crippen molar-refractivity contribution in [3.8, 4) is 0 Å². The topological polar surface area (TPSA) is 87.5 Å². The molecule has 0 fully saturated rings. The van der Waals surface area contributed by atoms with Crippen molar-refractivity contribution < 1.29 is 23.9 Å². The lowest BCUT2D eigenvalue weighted by Gasteiger charge is -2.13. The molecule has 7 nitrogen and oxygen atoms in total. The highest BCUT2D eigenvalue weighted by Crippen LogP contribution is 2.25. The van der Waals surface area contributed by atoms with Crippen molar-refractivity contribution in [3.05, 3.63) is 17.0 Å². The number of carbonyl (C=O) groups excluding carboxylic acids is 3. The van der Waals surface area contributed by atoms with E-state index >= 15 is 0 Å². The zero-order chi connectivity index (χ0) is 17.0. The smallest absolute Gasteiger partial charge is 0.359 e. The second kappa shape index (κ2) is 7.39. The zero-order valence-electron chi connectivity index (χ0n) is 13.8. The van der Waals surface area contributed by atoms with Crippen LogP contribution in [0.15, 0.2) is 0 Å². The minimum atomic E-state index is -0.562. The maximum absolute atomic E-state index is 12.2. The summed E-state index contributed by atoms with van der Waals surface area (Å²) in [6.45, 7) is 5.93. The molecule has 1 aromatic heterocycles. The van der Waals surface area contributed by atoms with Crippen LogP contribution in [0.25, 0.3) is 0 Å². The number of ketones is 1. The summed E-state index contributed by atoms with van der Waals surface area (Å²) in [6, 6.07) is 0. The fraction of sp³-hybridized carbons (Fsp3) is 0.625. The molecule has 0 spiro atoms. The van der Waals surface area contributed by atoms with Gasteiger partial charge in [-0.3, -0.25) is 9.59 Å². The van der Waals surface area contributed by atoms with E-state index in [1.807, 2.05) is 13.8 Å². The molecule has 0 aliphatic heterocycles. The third-order valence-electron chi connectivity index (χ3n) is 3.47. The van der Waals surface area contributed by atoms with Gasteiger partial charge < -0.3 is 9.47 Å². The van der Waals surface area contributed by atoms with Gasteiger partial charge in [-0.1, -0.05) is 13.8 Å². The fourth-order valence-corrected chi connectivity index (χ4v) is 2.50. The van der Waals surface area contributed by atoms with E-state index in [1.165, 1.54) is 4.68 Å². The maximum atomic E-state index is 12.2. The number of carbonyl (C=O) groups is 3.